The Hall–Kier alpha value is -2.62. The summed E-state index contributed by atoms with van der Waals surface area (Å²) in [4.78, 5) is 28.7. The molecule has 1 heterocycles. The fraction of sp³-hybridized carbons (Fsp3) is 0.417. The molecule has 1 atom stereocenters. The van der Waals surface area contributed by atoms with Crippen molar-refractivity contribution in [3.63, 3.8) is 0 Å². The Balaban J connectivity index is 1.92. The monoisotopic (exact) mass is 379 g/mol. The summed E-state index contributed by atoms with van der Waals surface area (Å²) in [6.07, 6.45) is 1.67. The summed E-state index contributed by atoms with van der Waals surface area (Å²) in [5.41, 5.74) is 0.239. The zero-order valence-electron chi connectivity index (χ0n) is 17.0. The summed E-state index contributed by atoms with van der Waals surface area (Å²) in [5, 5.41) is 0. The second-order valence-electron chi connectivity index (χ2n) is 8.56. The van der Waals surface area contributed by atoms with Gasteiger partial charge in [-0.1, -0.05) is 60.7 Å². The van der Waals surface area contributed by atoms with E-state index in [1.54, 1.807) is 0 Å². The number of amides is 1. The van der Waals surface area contributed by atoms with E-state index < -0.39 is 17.0 Å². The van der Waals surface area contributed by atoms with Crippen molar-refractivity contribution in [3.8, 4) is 0 Å². The number of rotatable bonds is 5. The molecule has 0 aliphatic carbocycles. The molecule has 1 aliphatic heterocycles. The van der Waals surface area contributed by atoms with Gasteiger partial charge in [-0.05, 0) is 51.2 Å². The molecule has 0 bridgehead atoms. The molecule has 2 aromatic rings. The number of carbonyl (C=O) groups excluding carboxylic acids is 2. The standard InChI is InChI=1S/C24H29NO3/c1-23(2,3)28-22(27)24(17-19-11-6-4-7-12-19)15-10-16-25(21(24)26)18-20-13-8-5-9-14-20/h4-9,11-14H,10,15-18H2,1-3H3. The highest BCUT2D eigenvalue weighted by atomic mass is 16.6. The van der Waals surface area contributed by atoms with Crippen molar-refractivity contribution in [1.29, 1.82) is 0 Å². The van der Waals surface area contributed by atoms with Gasteiger partial charge in [0.1, 0.15) is 5.60 Å². The van der Waals surface area contributed by atoms with Gasteiger partial charge in [-0.25, -0.2) is 0 Å². The van der Waals surface area contributed by atoms with Crippen LogP contribution < -0.4 is 0 Å². The van der Waals surface area contributed by atoms with E-state index in [9.17, 15) is 9.59 Å². The van der Waals surface area contributed by atoms with Gasteiger partial charge in [0.15, 0.2) is 5.41 Å². The van der Waals surface area contributed by atoms with Crippen LogP contribution >= 0.6 is 0 Å². The smallest absolute Gasteiger partial charge is 0.322 e. The van der Waals surface area contributed by atoms with Gasteiger partial charge in [0, 0.05) is 13.1 Å². The third-order valence-corrected chi connectivity index (χ3v) is 5.08. The van der Waals surface area contributed by atoms with Crippen LogP contribution in [-0.4, -0.2) is 28.9 Å². The number of esters is 1. The minimum Gasteiger partial charge on any atom is -0.459 e. The zero-order chi connectivity index (χ0) is 20.2. The van der Waals surface area contributed by atoms with Crippen LogP contribution in [0, 0.1) is 5.41 Å². The Kier molecular flexibility index (Phi) is 5.87. The summed E-state index contributed by atoms with van der Waals surface area (Å²) in [7, 11) is 0. The highest BCUT2D eigenvalue weighted by molar-refractivity contribution is 6.03. The van der Waals surface area contributed by atoms with Crippen molar-refractivity contribution in [2.75, 3.05) is 6.54 Å². The van der Waals surface area contributed by atoms with Gasteiger partial charge in [-0.3, -0.25) is 9.59 Å². The van der Waals surface area contributed by atoms with E-state index in [2.05, 4.69) is 0 Å². The van der Waals surface area contributed by atoms with E-state index >= 15 is 0 Å². The second kappa shape index (κ2) is 8.17. The molecule has 1 fully saturated rings. The molecule has 0 N–H and O–H groups in total. The van der Waals surface area contributed by atoms with Gasteiger partial charge in [-0.15, -0.1) is 0 Å². The fourth-order valence-corrected chi connectivity index (χ4v) is 3.78. The Bertz CT molecular complexity index is 811. The molecule has 0 spiro atoms. The van der Waals surface area contributed by atoms with E-state index in [0.717, 1.165) is 17.5 Å². The van der Waals surface area contributed by atoms with Crippen LogP contribution in [0.5, 0.6) is 0 Å². The number of benzene rings is 2. The van der Waals surface area contributed by atoms with Gasteiger partial charge in [0.25, 0.3) is 0 Å². The van der Waals surface area contributed by atoms with E-state index in [0.29, 0.717) is 25.9 Å². The SMILES string of the molecule is CC(C)(C)OC(=O)C1(Cc2ccccc2)CCCN(Cc2ccccc2)C1=O. The topological polar surface area (TPSA) is 46.6 Å². The minimum absolute atomic E-state index is 0.124. The first-order valence-corrected chi connectivity index (χ1v) is 9.91. The fourth-order valence-electron chi connectivity index (χ4n) is 3.78. The van der Waals surface area contributed by atoms with Crippen LogP contribution in [0.2, 0.25) is 0 Å². The summed E-state index contributed by atoms with van der Waals surface area (Å²) in [5.74, 6) is -0.535. The first-order chi connectivity index (χ1) is 13.3. The highest BCUT2D eigenvalue weighted by Crippen LogP contribution is 2.38. The van der Waals surface area contributed by atoms with Crippen LogP contribution in [0.1, 0.15) is 44.7 Å². The molecule has 3 rings (SSSR count). The van der Waals surface area contributed by atoms with E-state index in [1.165, 1.54) is 0 Å². The lowest BCUT2D eigenvalue weighted by molar-refractivity contribution is -0.177. The third-order valence-electron chi connectivity index (χ3n) is 5.08. The molecule has 1 saturated heterocycles. The molecule has 28 heavy (non-hydrogen) atoms. The Morgan fingerprint density at radius 3 is 2.14 bits per heavy atom. The molecule has 4 heteroatoms. The molecule has 1 unspecified atom stereocenters. The number of nitrogens with zero attached hydrogens (tertiary/aromatic N) is 1. The van der Waals surface area contributed by atoms with Crippen LogP contribution in [0.3, 0.4) is 0 Å². The van der Waals surface area contributed by atoms with Crippen LogP contribution in [0.25, 0.3) is 0 Å². The van der Waals surface area contributed by atoms with Gasteiger partial charge in [0.2, 0.25) is 5.91 Å². The average Bonchev–Trinajstić information content (AvgIpc) is 2.65. The summed E-state index contributed by atoms with van der Waals surface area (Å²) in [6, 6.07) is 19.7. The molecule has 0 radical (unpaired) electrons. The zero-order valence-corrected chi connectivity index (χ0v) is 17.0. The average molecular weight is 380 g/mol. The molecular weight excluding hydrogens is 350 g/mol. The predicted molar refractivity (Wildman–Crippen MR) is 110 cm³/mol. The van der Waals surface area contributed by atoms with Crippen molar-refractivity contribution in [1.82, 2.24) is 4.90 Å². The quantitative estimate of drug-likeness (QED) is 0.572. The Labute approximate surface area is 167 Å². The predicted octanol–water partition coefficient (Wildman–Crippen LogP) is 4.38. The van der Waals surface area contributed by atoms with Gasteiger partial charge in [0.05, 0.1) is 0 Å². The number of hydrogen-bond acceptors (Lipinski definition) is 3. The number of piperidine rings is 1. The molecule has 1 aliphatic rings. The van der Waals surface area contributed by atoms with Crippen molar-refractivity contribution < 1.29 is 14.3 Å². The maximum absolute atomic E-state index is 13.6. The van der Waals surface area contributed by atoms with Crippen molar-refractivity contribution in [2.45, 2.75) is 52.2 Å². The first kappa shape index (κ1) is 20.1. The molecule has 2 aromatic carbocycles. The van der Waals surface area contributed by atoms with Crippen LogP contribution in [0.15, 0.2) is 60.7 Å². The summed E-state index contributed by atoms with van der Waals surface area (Å²) in [6.45, 7) is 6.70. The maximum Gasteiger partial charge on any atom is 0.322 e. The Morgan fingerprint density at radius 1 is 1.00 bits per heavy atom. The summed E-state index contributed by atoms with van der Waals surface area (Å²) < 4.78 is 5.74. The molecule has 1 amide bonds. The summed E-state index contributed by atoms with van der Waals surface area (Å²) >= 11 is 0. The number of carbonyl (C=O) groups is 2. The largest absolute Gasteiger partial charge is 0.459 e. The van der Waals surface area contributed by atoms with Gasteiger partial charge < -0.3 is 9.64 Å². The highest BCUT2D eigenvalue weighted by Gasteiger charge is 2.52. The molecule has 148 valence electrons. The van der Waals surface area contributed by atoms with Crippen LogP contribution in [-0.2, 0) is 27.3 Å². The lowest BCUT2D eigenvalue weighted by Crippen LogP contribution is -2.55. The van der Waals surface area contributed by atoms with Gasteiger partial charge >= 0.3 is 5.97 Å². The molecular formula is C24H29NO3. The van der Waals surface area contributed by atoms with Crippen molar-refractivity contribution in [2.24, 2.45) is 5.41 Å². The lowest BCUT2D eigenvalue weighted by Gasteiger charge is -2.41. The number of hydrogen-bond donors (Lipinski definition) is 0. The third kappa shape index (κ3) is 4.61. The molecule has 4 nitrogen and oxygen atoms in total. The lowest BCUT2D eigenvalue weighted by atomic mass is 9.74. The number of likely N-dealkylation sites (tertiary alicyclic amines) is 1. The van der Waals surface area contributed by atoms with Gasteiger partial charge in [-0.2, -0.15) is 0 Å². The number of ether oxygens (including phenoxy) is 1. The van der Waals surface area contributed by atoms with E-state index in [-0.39, 0.29) is 5.91 Å². The van der Waals surface area contributed by atoms with Crippen molar-refractivity contribution >= 4 is 11.9 Å². The van der Waals surface area contributed by atoms with E-state index in [4.69, 9.17) is 4.74 Å². The maximum atomic E-state index is 13.6. The second-order valence-corrected chi connectivity index (χ2v) is 8.56. The Morgan fingerprint density at radius 2 is 1.57 bits per heavy atom. The van der Waals surface area contributed by atoms with Crippen LogP contribution in [0.4, 0.5) is 0 Å². The molecule has 0 aromatic heterocycles. The first-order valence-electron chi connectivity index (χ1n) is 9.91. The normalized spacial score (nSPS) is 20.1. The minimum atomic E-state index is -1.17. The van der Waals surface area contributed by atoms with E-state index in [1.807, 2.05) is 86.3 Å². The molecule has 0 saturated carbocycles. The van der Waals surface area contributed by atoms with Crippen molar-refractivity contribution in [3.05, 3.63) is 71.8 Å².